The summed E-state index contributed by atoms with van der Waals surface area (Å²) in [5, 5.41) is 1.54. The molecular weight excluding hydrogens is 220 g/mol. The highest BCUT2D eigenvalue weighted by Gasteiger charge is 2.03. The summed E-state index contributed by atoms with van der Waals surface area (Å²) >= 11 is 0. The van der Waals surface area contributed by atoms with Gasteiger partial charge in [-0.05, 0) is 11.1 Å². The van der Waals surface area contributed by atoms with Gasteiger partial charge in [0.2, 0.25) is 0 Å². The zero-order chi connectivity index (χ0) is 12.1. The van der Waals surface area contributed by atoms with Gasteiger partial charge in [0, 0.05) is 0 Å². The molecule has 0 heterocycles. The second-order valence-corrected chi connectivity index (χ2v) is 7.46. The third-order valence-electron chi connectivity index (χ3n) is 2.87. The lowest BCUT2D eigenvalue weighted by Gasteiger charge is -2.07. The second-order valence-electron chi connectivity index (χ2n) is 4.53. The van der Waals surface area contributed by atoms with Crippen LogP contribution in [0.5, 0.6) is 0 Å². The molecule has 0 unspecified atom stereocenters. The van der Waals surface area contributed by atoms with Crippen molar-refractivity contribution in [1.29, 1.82) is 0 Å². The fraction of sp³-hybridized carbons (Fsp3) is 0.125. The van der Waals surface area contributed by atoms with E-state index < -0.39 is 8.80 Å². The third kappa shape index (κ3) is 3.18. The van der Waals surface area contributed by atoms with E-state index >= 15 is 0 Å². The summed E-state index contributed by atoms with van der Waals surface area (Å²) in [6, 6.07) is 19.2. The molecule has 0 aliphatic carbocycles. The van der Waals surface area contributed by atoms with E-state index in [0.717, 1.165) is 0 Å². The summed E-state index contributed by atoms with van der Waals surface area (Å²) in [6.45, 7) is 4.74. The Labute approximate surface area is 105 Å². The molecule has 0 radical (unpaired) electrons. The highest BCUT2D eigenvalue weighted by Crippen LogP contribution is 2.07. The number of hydrogen-bond acceptors (Lipinski definition) is 0. The van der Waals surface area contributed by atoms with Gasteiger partial charge in [-0.15, -0.1) is 0 Å². The van der Waals surface area contributed by atoms with Gasteiger partial charge in [-0.2, -0.15) is 0 Å². The molecule has 0 saturated heterocycles. The number of benzene rings is 2. The zero-order valence-corrected chi connectivity index (χ0v) is 11.6. The maximum atomic E-state index is 2.37. The first-order valence-electron chi connectivity index (χ1n) is 6.09. The van der Waals surface area contributed by atoms with E-state index in [9.17, 15) is 0 Å². The predicted molar refractivity (Wildman–Crippen MR) is 80.3 cm³/mol. The van der Waals surface area contributed by atoms with E-state index in [-0.39, 0.29) is 0 Å². The SMILES string of the molecule is C[SiH](C)c1ccccc1C=Cc1ccccc1. The smallest absolute Gasteiger partial charge is 0.0655 e. The van der Waals surface area contributed by atoms with Gasteiger partial charge in [0.1, 0.15) is 0 Å². The van der Waals surface area contributed by atoms with Gasteiger partial charge in [-0.1, -0.05) is 85.0 Å². The second kappa shape index (κ2) is 5.64. The monoisotopic (exact) mass is 238 g/mol. The standard InChI is InChI=1S/C16H18Si/c1-17(2)16-11-7-6-10-15(16)13-12-14-8-4-3-5-9-14/h3-13,17H,1-2H3. The largest absolute Gasteiger partial charge is 0.0682 e. The molecule has 0 aliphatic heterocycles. The molecule has 0 spiro atoms. The maximum Gasteiger partial charge on any atom is 0.0655 e. The van der Waals surface area contributed by atoms with Gasteiger partial charge in [-0.3, -0.25) is 0 Å². The fourth-order valence-corrected chi connectivity index (χ4v) is 3.29. The van der Waals surface area contributed by atoms with Crippen molar-refractivity contribution >= 4 is 26.1 Å². The Morgan fingerprint density at radius 1 is 0.765 bits per heavy atom. The summed E-state index contributed by atoms with van der Waals surface area (Å²) in [4.78, 5) is 0. The van der Waals surface area contributed by atoms with Crippen LogP contribution in [0.1, 0.15) is 11.1 Å². The Hall–Kier alpha value is -1.60. The van der Waals surface area contributed by atoms with Crippen molar-refractivity contribution in [2.24, 2.45) is 0 Å². The Morgan fingerprint density at radius 3 is 2.12 bits per heavy atom. The number of hydrogen-bond donors (Lipinski definition) is 0. The first-order valence-corrected chi connectivity index (χ1v) is 8.98. The normalized spacial score (nSPS) is 11.2. The molecule has 0 amide bonds. The highest BCUT2D eigenvalue weighted by molar-refractivity contribution is 6.71. The van der Waals surface area contributed by atoms with Crippen LogP contribution in [0, 0.1) is 0 Å². The molecule has 1 heteroatoms. The van der Waals surface area contributed by atoms with Crippen LogP contribution in [0.15, 0.2) is 54.6 Å². The Kier molecular flexibility index (Phi) is 3.94. The van der Waals surface area contributed by atoms with Crippen molar-refractivity contribution in [1.82, 2.24) is 0 Å². The molecule has 0 nitrogen and oxygen atoms in total. The van der Waals surface area contributed by atoms with Crippen molar-refractivity contribution in [2.45, 2.75) is 13.1 Å². The van der Waals surface area contributed by atoms with E-state index in [4.69, 9.17) is 0 Å². The predicted octanol–water partition coefficient (Wildman–Crippen LogP) is 3.55. The summed E-state index contributed by atoms with van der Waals surface area (Å²) in [7, 11) is -0.745. The van der Waals surface area contributed by atoms with Crippen molar-refractivity contribution in [2.75, 3.05) is 0 Å². The summed E-state index contributed by atoms with van der Waals surface area (Å²) < 4.78 is 0. The van der Waals surface area contributed by atoms with Crippen LogP contribution in [0.3, 0.4) is 0 Å². The molecular formula is C16H18Si. The van der Waals surface area contributed by atoms with Gasteiger partial charge in [-0.25, -0.2) is 0 Å². The first kappa shape index (κ1) is 11.9. The van der Waals surface area contributed by atoms with Gasteiger partial charge in [0.25, 0.3) is 0 Å². The van der Waals surface area contributed by atoms with Crippen LogP contribution in [-0.2, 0) is 0 Å². The van der Waals surface area contributed by atoms with Gasteiger partial charge < -0.3 is 0 Å². The van der Waals surface area contributed by atoms with E-state index in [1.165, 1.54) is 11.1 Å². The summed E-state index contributed by atoms with van der Waals surface area (Å²) in [5.74, 6) is 0. The Bertz CT molecular complexity index is 498. The summed E-state index contributed by atoms with van der Waals surface area (Å²) in [5.41, 5.74) is 2.63. The highest BCUT2D eigenvalue weighted by atomic mass is 28.3. The van der Waals surface area contributed by atoms with Crippen LogP contribution >= 0.6 is 0 Å². The number of rotatable bonds is 3. The molecule has 17 heavy (non-hydrogen) atoms. The lowest BCUT2D eigenvalue weighted by Crippen LogP contribution is -2.24. The molecule has 2 aromatic rings. The molecule has 86 valence electrons. The molecule has 0 aromatic heterocycles. The van der Waals surface area contributed by atoms with Gasteiger partial charge in [0.15, 0.2) is 0 Å². The molecule has 0 saturated carbocycles. The lowest BCUT2D eigenvalue weighted by atomic mass is 10.1. The molecule has 0 aliphatic rings. The molecule has 2 rings (SSSR count). The van der Waals surface area contributed by atoms with E-state index in [1.807, 2.05) is 6.07 Å². The van der Waals surface area contributed by atoms with Crippen molar-refractivity contribution in [3.63, 3.8) is 0 Å². The molecule has 0 fully saturated rings. The maximum absolute atomic E-state index is 2.37. The van der Waals surface area contributed by atoms with Crippen molar-refractivity contribution in [3.05, 3.63) is 65.7 Å². The first-order chi connectivity index (χ1) is 8.27. The summed E-state index contributed by atoms with van der Waals surface area (Å²) in [6.07, 6.45) is 4.42. The third-order valence-corrected chi connectivity index (χ3v) is 4.64. The lowest BCUT2D eigenvalue weighted by molar-refractivity contribution is 1.66. The van der Waals surface area contributed by atoms with Crippen LogP contribution < -0.4 is 5.19 Å². The van der Waals surface area contributed by atoms with Crippen LogP contribution in [0.25, 0.3) is 12.2 Å². The minimum absolute atomic E-state index is 0.745. The molecule has 0 N–H and O–H groups in total. The van der Waals surface area contributed by atoms with E-state index in [1.54, 1.807) is 5.19 Å². The molecule has 0 atom stereocenters. The van der Waals surface area contributed by atoms with Crippen molar-refractivity contribution < 1.29 is 0 Å². The average molecular weight is 238 g/mol. The van der Waals surface area contributed by atoms with Crippen molar-refractivity contribution in [3.8, 4) is 0 Å². The Balaban J connectivity index is 2.27. The minimum Gasteiger partial charge on any atom is -0.0682 e. The van der Waals surface area contributed by atoms with Crippen LogP contribution in [0.4, 0.5) is 0 Å². The van der Waals surface area contributed by atoms with E-state index in [2.05, 4.69) is 73.8 Å². The quantitative estimate of drug-likeness (QED) is 0.566. The topological polar surface area (TPSA) is 0 Å². The van der Waals surface area contributed by atoms with Crippen LogP contribution in [0.2, 0.25) is 13.1 Å². The van der Waals surface area contributed by atoms with Gasteiger partial charge in [0.05, 0.1) is 8.80 Å². The van der Waals surface area contributed by atoms with Crippen LogP contribution in [-0.4, -0.2) is 8.80 Å². The minimum atomic E-state index is -0.745. The Morgan fingerprint density at radius 2 is 1.41 bits per heavy atom. The van der Waals surface area contributed by atoms with Gasteiger partial charge >= 0.3 is 0 Å². The fourth-order valence-electron chi connectivity index (χ4n) is 1.94. The molecule has 2 aromatic carbocycles. The molecule has 0 bridgehead atoms. The average Bonchev–Trinajstić information content (AvgIpc) is 2.38. The van der Waals surface area contributed by atoms with E-state index in [0.29, 0.717) is 0 Å². The zero-order valence-electron chi connectivity index (χ0n) is 10.4.